The Morgan fingerprint density at radius 1 is 1.43 bits per heavy atom. The molecule has 1 aliphatic heterocycles. The molecule has 1 unspecified atom stereocenters. The number of nitrogens with zero attached hydrogens (tertiary/aromatic N) is 2. The van der Waals surface area contributed by atoms with Gasteiger partial charge in [-0.15, -0.1) is 0 Å². The van der Waals surface area contributed by atoms with E-state index < -0.39 is 10.0 Å². The van der Waals surface area contributed by atoms with E-state index in [0.29, 0.717) is 18.1 Å². The second-order valence-electron chi connectivity index (χ2n) is 5.48. The van der Waals surface area contributed by atoms with E-state index in [1.54, 1.807) is 17.0 Å². The van der Waals surface area contributed by atoms with Gasteiger partial charge in [0.1, 0.15) is 0 Å². The predicted molar refractivity (Wildman–Crippen MR) is 87.0 cm³/mol. The minimum Gasteiger partial charge on any atom is -0.481 e. The molecule has 2 rings (SSSR count). The van der Waals surface area contributed by atoms with Crippen LogP contribution in [0.15, 0.2) is 18.3 Å². The molecule has 2 amide bonds. The molecule has 8 nitrogen and oxygen atoms in total. The molecule has 1 aliphatic rings. The number of hydrogen-bond donors (Lipinski definition) is 2. The van der Waals surface area contributed by atoms with Gasteiger partial charge in [0.15, 0.2) is 0 Å². The van der Waals surface area contributed by atoms with Gasteiger partial charge in [-0.25, -0.2) is 22.9 Å². The summed E-state index contributed by atoms with van der Waals surface area (Å²) in [5.41, 5.74) is 0.566. The smallest absolute Gasteiger partial charge is 0.322 e. The maximum atomic E-state index is 12.4. The third kappa shape index (κ3) is 5.36. The molecule has 9 heteroatoms. The third-order valence-corrected chi connectivity index (χ3v) is 4.36. The van der Waals surface area contributed by atoms with Crippen molar-refractivity contribution in [2.24, 2.45) is 0 Å². The van der Waals surface area contributed by atoms with E-state index >= 15 is 0 Å². The number of urea groups is 1. The SMILES string of the molecule is COc1ccc(NC(=O)N2CCCCC2CNS(C)(=O)=O)cn1. The summed E-state index contributed by atoms with van der Waals surface area (Å²) < 4.78 is 30.0. The molecule has 1 aromatic rings. The number of pyridine rings is 1. The number of piperidine rings is 1. The van der Waals surface area contributed by atoms with Crippen molar-refractivity contribution in [3.63, 3.8) is 0 Å². The van der Waals surface area contributed by atoms with Gasteiger partial charge in [-0.05, 0) is 25.3 Å². The number of likely N-dealkylation sites (tertiary alicyclic amines) is 1. The highest BCUT2D eigenvalue weighted by Crippen LogP contribution is 2.19. The van der Waals surface area contributed by atoms with Crippen molar-refractivity contribution in [1.82, 2.24) is 14.6 Å². The third-order valence-electron chi connectivity index (χ3n) is 3.67. The minimum absolute atomic E-state index is 0.148. The van der Waals surface area contributed by atoms with Crippen LogP contribution in [0.5, 0.6) is 5.88 Å². The Morgan fingerprint density at radius 2 is 2.22 bits per heavy atom. The zero-order valence-corrected chi connectivity index (χ0v) is 14.1. The maximum absolute atomic E-state index is 12.4. The molecule has 1 saturated heterocycles. The Balaban J connectivity index is 1.99. The first kappa shape index (κ1) is 17.5. The number of carbonyl (C=O) groups is 1. The van der Waals surface area contributed by atoms with Crippen LogP contribution in [0.3, 0.4) is 0 Å². The number of carbonyl (C=O) groups excluding carboxylic acids is 1. The first-order chi connectivity index (χ1) is 10.9. The second kappa shape index (κ2) is 7.60. The fourth-order valence-corrected chi connectivity index (χ4v) is 2.99. The van der Waals surface area contributed by atoms with Gasteiger partial charge in [0.25, 0.3) is 0 Å². The van der Waals surface area contributed by atoms with Crippen LogP contribution in [0, 0.1) is 0 Å². The highest BCUT2D eigenvalue weighted by atomic mass is 32.2. The van der Waals surface area contributed by atoms with Crippen LogP contribution in [0.1, 0.15) is 19.3 Å². The topological polar surface area (TPSA) is 101 Å². The van der Waals surface area contributed by atoms with E-state index in [1.165, 1.54) is 13.3 Å². The highest BCUT2D eigenvalue weighted by Gasteiger charge is 2.27. The fourth-order valence-electron chi connectivity index (χ4n) is 2.50. The molecule has 128 valence electrons. The molecule has 1 atom stereocenters. The molecule has 0 radical (unpaired) electrons. The van der Waals surface area contributed by atoms with E-state index in [-0.39, 0.29) is 18.6 Å². The number of sulfonamides is 1. The largest absolute Gasteiger partial charge is 0.481 e. The summed E-state index contributed by atoms with van der Waals surface area (Å²) >= 11 is 0. The molecule has 2 N–H and O–H groups in total. The van der Waals surface area contributed by atoms with Crippen molar-refractivity contribution in [2.75, 3.05) is 31.8 Å². The van der Waals surface area contributed by atoms with Crippen LogP contribution >= 0.6 is 0 Å². The van der Waals surface area contributed by atoms with Gasteiger partial charge in [-0.3, -0.25) is 0 Å². The predicted octanol–water partition coefficient (Wildman–Crippen LogP) is 1.03. The van der Waals surface area contributed by atoms with Crippen molar-refractivity contribution in [3.05, 3.63) is 18.3 Å². The Morgan fingerprint density at radius 3 is 2.83 bits per heavy atom. The van der Waals surface area contributed by atoms with Crippen molar-refractivity contribution in [2.45, 2.75) is 25.3 Å². The average Bonchev–Trinajstić information content (AvgIpc) is 2.53. The van der Waals surface area contributed by atoms with Crippen LogP contribution in [0.4, 0.5) is 10.5 Å². The van der Waals surface area contributed by atoms with Gasteiger partial charge in [0.05, 0.1) is 25.2 Å². The van der Waals surface area contributed by atoms with Gasteiger partial charge < -0.3 is 15.0 Å². The molecule has 23 heavy (non-hydrogen) atoms. The van der Waals surface area contributed by atoms with Gasteiger partial charge in [-0.1, -0.05) is 0 Å². The lowest BCUT2D eigenvalue weighted by Gasteiger charge is -2.35. The van der Waals surface area contributed by atoms with Gasteiger partial charge >= 0.3 is 6.03 Å². The summed E-state index contributed by atoms with van der Waals surface area (Å²) in [7, 11) is -1.75. The van der Waals surface area contributed by atoms with Crippen molar-refractivity contribution >= 4 is 21.7 Å². The number of aromatic nitrogens is 1. The van der Waals surface area contributed by atoms with E-state index in [4.69, 9.17) is 4.74 Å². The Bertz CT molecular complexity index is 633. The molecule has 2 heterocycles. The first-order valence-corrected chi connectivity index (χ1v) is 9.30. The summed E-state index contributed by atoms with van der Waals surface area (Å²) in [4.78, 5) is 18.1. The number of methoxy groups -OCH3 is 1. The summed E-state index contributed by atoms with van der Waals surface area (Å²) in [6.07, 6.45) is 5.29. The van der Waals surface area contributed by atoms with Crippen molar-refractivity contribution in [1.29, 1.82) is 0 Å². The summed E-state index contributed by atoms with van der Waals surface area (Å²) in [5, 5.41) is 2.78. The molecule has 1 aromatic heterocycles. The highest BCUT2D eigenvalue weighted by molar-refractivity contribution is 7.88. The number of ether oxygens (including phenoxy) is 1. The number of hydrogen-bond acceptors (Lipinski definition) is 5. The van der Waals surface area contributed by atoms with Crippen LogP contribution in [-0.4, -0.2) is 56.8 Å². The monoisotopic (exact) mass is 342 g/mol. The number of nitrogens with one attached hydrogen (secondary N) is 2. The molecule has 0 bridgehead atoms. The van der Waals surface area contributed by atoms with Gasteiger partial charge in [-0.2, -0.15) is 0 Å². The van der Waals surface area contributed by atoms with Gasteiger partial charge in [0, 0.05) is 25.2 Å². The van der Waals surface area contributed by atoms with Crippen LogP contribution < -0.4 is 14.8 Å². The standard InChI is InChI=1S/C14H22N4O4S/c1-22-13-7-6-11(9-15-13)17-14(19)18-8-4-3-5-12(18)10-16-23(2,20)21/h6-7,9,12,16H,3-5,8,10H2,1-2H3,(H,17,19). The number of amides is 2. The minimum atomic E-state index is -3.27. The lowest BCUT2D eigenvalue weighted by Crippen LogP contribution is -2.50. The van der Waals surface area contributed by atoms with Crippen LogP contribution in [-0.2, 0) is 10.0 Å². The van der Waals surface area contributed by atoms with Crippen molar-refractivity contribution in [3.8, 4) is 5.88 Å². The number of anilines is 1. The Labute approximate surface area is 136 Å². The van der Waals surface area contributed by atoms with E-state index in [1.807, 2.05) is 0 Å². The van der Waals surface area contributed by atoms with E-state index in [9.17, 15) is 13.2 Å². The van der Waals surface area contributed by atoms with Crippen LogP contribution in [0.2, 0.25) is 0 Å². The lowest BCUT2D eigenvalue weighted by atomic mass is 10.0. The second-order valence-corrected chi connectivity index (χ2v) is 7.32. The normalized spacial score (nSPS) is 18.5. The van der Waals surface area contributed by atoms with Gasteiger partial charge in [0.2, 0.25) is 15.9 Å². The fraction of sp³-hybridized carbons (Fsp3) is 0.571. The quantitative estimate of drug-likeness (QED) is 0.832. The van der Waals surface area contributed by atoms with E-state index in [0.717, 1.165) is 25.5 Å². The summed E-state index contributed by atoms with van der Waals surface area (Å²) in [6, 6.07) is 2.97. The first-order valence-electron chi connectivity index (χ1n) is 7.41. The average molecular weight is 342 g/mol. The lowest BCUT2D eigenvalue weighted by molar-refractivity contribution is 0.164. The molecule has 0 spiro atoms. The maximum Gasteiger partial charge on any atom is 0.322 e. The number of rotatable bonds is 5. The molecular formula is C14H22N4O4S. The van der Waals surface area contributed by atoms with Crippen LogP contribution in [0.25, 0.3) is 0 Å². The zero-order valence-electron chi connectivity index (χ0n) is 13.3. The Kier molecular flexibility index (Phi) is 5.78. The Hall–Kier alpha value is -1.87. The molecule has 0 aromatic carbocycles. The zero-order chi connectivity index (χ0) is 16.9. The van der Waals surface area contributed by atoms with Crippen molar-refractivity contribution < 1.29 is 17.9 Å². The molecule has 0 aliphatic carbocycles. The molecule has 0 saturated carbocycles. The molecule has 1 fully saturated rings. The summed E-state index contributed by atoms with van der Waals surface area (Å²) in [6.45, 7) is 0.832. The van der Waals surface area contributed by atoms with E-state index in [2.05, 4.69) is 15.0 Å². The molecular weight excluding hydrogens is 320 g/mol. The summed E-state index contributed by atoms with van der Waals surface area (Å²) in [5.74, 6) is 0.469.